The van der Waals surface area contributed by atoms with E-state index in [4.69, 9.17) is 11.6 Å². The summed E-state index contributed by atoms with van der Waals surface area (Å²) in [5.41, 5.74) is 0. The van der Waals surface area contributed by atoms with E-state index in [1.165, 1.54) is 77.0 Å². The number of unbranched alkanes of at least 4 members (excludes halogenated alkanes) is 11. The zero-order valence-corrected chi connectivity index (χ0v) is 15.2. The van der Waals surface area contributed by atoms with Gasteiger partial charge in [0.2, 0.25) is 5.24 Å². The molecule has 0 aliphatic carbocycles. The number of hydrogen-bond acceptors (Lipinski definition) is 1. The molecule has 2 heteroatoms. The van der Waals surface area contributed by atoms with Crippen LogP contribution in [0.3, 0.4) is 0 Å². The molecule has 0 fully saturated rings. The molecule has 21 heavy (non-hydrogen) atoms. The standard InChI is InChI=1S/C19H37ClO/c1-3-18(2)16-14-12-10-8-6-4-5-7-9-11-13-15-17-19(20)21/h18H,3-17H2,1-2H3. The summed E-state index contributed by atoms with van der Waals surface area (Å²) in [6, 6.07) is 0. The maximum Gasteiger partial charge on any atom is 0.221 e. The van der Waals surface area contributed by atoms with E-state index in [1.807, 2.05) is 0 Å². The molecule has 0 aliphatic rings. The number of carbonyl (C=O) groups is 1. The first-order chi connectivity index (χ1) is 10.2. The first-order valence-electron chi connectivity index (χ1n) is 9.35. The molecule has 0 saturated carbocycles. The summed E-state index contributed by atoms with van der Waals surface area (Å²) in [6.07, 6.45) is 19.3. The Balaban J connectivity index is 3.01. The van der Waals surface area contributed by atoms with Gasteiger partial charge in [-0.05, 0) is 23.9 Å². The highest BCUT2D eigenvalue weighted by Gasteiger charge is 1.98. The fourth-order valence-electron chi connectivity index (χ4n) is 2.73. The van der Waals surface area contributed by atoms with Crippen molar-refractivity contribution in [3.63, 3.8) is 0 Å². The zero-order valence-electron chi connectivity index (χ0n) is 14.5. The van der Waals surface area contributed by atoms with Gasteiger partial charge in [0.15, 0.2) is 0 Å². The van der Waals surface area contributed by atoms with Crippen molar-refractivity contribution >= 4 is 16.8 Å². The second-order valence-corrected chi connectivity index (χ2v) is 7.07. The Labute approximate surface area is 138 Å². The van der Waals surface area contributed by atoms with Gasteiger partial charge >= 0.3 is 0 Å². The Morgan fingerprint density at radius 3 is 1.52 bits per heavy atom. The van der Waals surface area contributed by atoms with E-state index in [0.29, 0.717) is 6.42 Å². The van der Waals surface area contributed by atoms with Crippen LogP contribution >= 0.6 is 11.6 Å². The Morgan fingerprint density at radius 2 is 1.14 bits per heavy atom. The van der Waals surface area contributed by atoms with Crippen molar-refractivity contribution in [2.45, 2.75) is 110 Å². The van der Waals surface area contributed by atoms with Crippen LogP contribution in [-0.4, -0.2) is 5.24 Å². The minimum atomic E-state index is -0.181. The molecule has 0 aromatic carbocycles. The van der Waals surface area contributed by atoms with Crippen molar-refractivity contribution in [2.75, 3.05) is 0 Å². The van der Waals surface area contributed by atoms with Crippen molar-refractivity contribution in [3.05, 3.63) is 0 Å². The van der Waals surface area contributed by atoms with Crippen LogP contribution in [-0.2, 0) is 4.79 Å². The highest BCUT2D eigenvalue weighted by molar-refractivity contribution is 6.63. The number of carbonyl (C=O) groups excluding carboxylic acids is 1. The molecule has 0 aromatic heterocycles. The van der Waals surface area contributed by atoms with Crippen LogP contribution in [0.15, 0.2) is 0 Å². The van der Waals surface area contributed by atoms with Gasteiger partial charge in [-0.25, -0.2) is 0 Å². The van der Waals surface area contributed by atoms with Gasteiger partial charge in [-0.1, -0.05) is 97.3 Å². The summed E-state index contributed by atoms with van der Waals surface area (Å²) in [6.45, 7) is 4.66. The lowest BCUT2D eigenvalue weighted by atomic mass is 9.99. The highest BCUT2D eigenvalue weighted by atomic mass is 35.5. The summed E-state index contributed by atoms with van der Waals surface area (Å²) in [4.78, 5) is 10.6. The van der Waals surface area contributed by atoms with E-state index in [2.05, 4.69) is 13.8 Å². The van der Waals surface area contributed by atoms with Crippen molar-refractivity contribution in [1.29, 1.82) is 0 Å². The van der Waals surface area contributed by atoms with Crippen LogP contribution in [0.5, 0.6) is 0 Å². The second kappa shape index (κ2) is 16.3. The van der Waals surface area contributed by atoms with E-state index in [9.17, 15) is 4.79 Å². The molecule has 0 heterocycles. The lowest BCUT2D eigenvalue weighted by molar-refractivity contribution is -0.111. The molecular weight excluding hydrogens is 280 g/mol. The summed E-state index contributed by atoms with van der Waals surface area (Å²) in [5, 5.41) is -0.181. The van der Waals surface area contributed by atoms with Crippen LogP contribution in [0.2, 0.25) is 0 Å². The molecule has 1 nitrogen and oxygen atoms in total. The molecule has 0 aromatic rings. The highest BCUT2D eigenvalue weighted by Crippen LogP contribution is 2.15. The Morgan fingerprint density at radius 1 is 0.762 bits per heavy atom. The summed E-state index contributed by atoms with van der Waals surface area (Å²) < 4.78 is 0. The summed E-state index contributed by atoms with van der Waals surface area (Å²) in [7, 11) is 0. The molecule has 0 amide bonds. The van der Waals surface area contributed by atoms with Gasteiger partial charge in [-0.2, -0.15) is 0 Å². The normalized spacial score (nSPS) is 12.5. The Bertz CT molecular complexity index is 228. The van der Waals surface area contributed by atoms with E-state index in [-0.39, 0.29) is 5.24 Å². The molecule has 0 spiro atoms. The third-order valence-electron chi connectivity index (χ3n) is 4.52. The van der Waals surface area contributed by atoms with Crippen LogP contribution in [0, 0.1) is 5.92 Å². The minimum Gasteiger partial charge on any atom is -0.281 e. The Kier molecular flexibility index (Phi) is 16.3. The van der Waals surface area contributed by atoms with Crippen molar-refractivity contribution in [1.82, 2.24) is 0 Å². The molecule has 0 bridgehead atoms. The average Bonchev–Trinajstić information content (AvgIpc) is 2.46. The lowest BCUT2D eigenvalue weighted by Gasteiger charge is -2.07. The third kappa shape index (κ3) is 17.9. The van der Waals surface area contributed by atoms with E-state index in [0.717, 1.165) is 18.8 Å². The van der Waals surface area contributed by atoms with E-state index >= 15 is 0 Å². The fourth-order valence-corrected chi connectivity index (χ4v) is 2.86. The molecule has 1 unspecified atom stereocenters. The quantitative estimate of drug-likeness (QED) is 0.216. The monoisotopic (exact) mass is 316 g/mol. The van der Waals surface area contributed by atoms with Gasteiger partial charge in [0.25, 0.3) is 0 Å². The third-order valence-corrected chi connectivity index (χ3v) is 4.71. The van der Waals surface area contributed by atoms with Crippen LogP contribution in [0.25, 0.3) is 0 Å². The first-order valence-corrected chi connectivity index (χ1v) is 9.73. The van der Waals surface area contributed by atoms with Crippen LogP contribution < -0.4 is 0 Å². The number of rotatable bonds is 16. The Hall–Kier alpha value is -0.0400. The van der Waals surface area contributed by atoms with Crippen LogP contribution in [0.4, 0.5) is 0 Å². The van der Waals surface area contributed by atoms with Gasteiger partial charge in [0, 0.05) is 6.42 Å². The van der Waals surface area contributed by atoms with Gasteiger partial charge in [0.1, 0.15) is 0 Å². The van der Waals surface area contributed by atoms with Gasteiger partial charge < -0.3 is 0 Å². The van der Waals surface area contributed by atoms with Gasteiger partial charge in [0.05, 0.1) is 0 Å². The lowest BCUT2D eigenvalue weighted by Crippen LogP contribution is -1.91. The van der Waals surface area contributed by atoms with Crippen LogP contribution in [0.1, 0.15) is 110 Å². The maximum absolute atomic E-state index is 10.6. The van der Waals surface area contributed by atoms with Crippen molar-refractivity contribution < 1.29 is 4.79 Å². The molecule has 126 valence electrons. The smallest absolute Gasteiger partial charge is 0.221 e. The predicted molar refractivity (Wildman–Crippen MR) is 95.0 cm³/mol. The summed E-state index contributed by atoms with van der Waals surface area (Å²) >= 11 is 5.30. The molecule has 0 radical (unpaired) electrons. The minimum absolute atomic E-state index is 0.181. The molecule has 0 saturated heterocycles. The SMILES string of the molecule is CCC(C)CCCCCCCCCCCCCCC(=O)Cl. The van der Waals surface area contributed by atoms with Gasteiger partial charge in [-0.15, -0.1) is 0 Å². The molecule has 0 N–H and O–H groups in total. The van der Waals surface area contributed by atoms with Crippen molar-refractivity contribution in [2.24, 2.45) is 5.92 Å². The molecule has 1 atom stereocenters. The second-order valence-electron chi connectivity index (χ2n) is 6.65. The molecule has 0 rings (SSSR count). The first kappa shape index (κ1) is 21.0. The number of halogens is 1. The largest absolute Gasteiger partial charge is 0.281 e. The summed E-state index contributed by atoms with van der Waals surface area (Å²) in [5.74, 6) is 0.924. The zero-order chi connectivity index (χ0) is 15.8. The molecule has 0 aliphatic heterocycles. The predicted octanol–water partition coefficient (Wildman–Crippen LogP) is 7.26. The van der Waals surface area contributed by atoms with Gasteiger partial charge in [-0.3, -0.25) is 4.79 Å². The van der Waals surface area contributed by atoms with Crippen molar-refractivity contribution in [3.8, 4) is 0 Å². The fraction of sp³-hybridized carbons (Fsp3) is 0.947. The topological polar surface area (TPSA) is 17.1 Å². The maximum atomic E-state index is 10.6. The number of hydrogen-bond donors (Lipinski definition) is 0. The van der Waals surface area contributed by atoms with E-state index in [1.54, 1.807) is 0 Å². The van der Waals surface area contributed by atoms with E-state index < -0.39 is 0 Å². The average molecular weight is 317 g/mol. The molecular formula is C19H37ClO.